The molecule has 110 valence electrons. The third-order valence-electron chi connectivity index (χ3n) is 3.36. The lowest BCUT2D eigenvalue weighted by molar-refractivity contribution is 0.102. The summed E-state index contributed by atoms with van der Waals surface area (Å²) in [4.78, 5) is 13.3. The fourth-order valence-corrected chi connectivity index (χ4v) is 2.68. The number of hydrogen-bond acceptors (Lipinski definition) is 2. The Bertz CT molecular complexity index is 626. The highest BCUT2D eigenvalue weighted by molar-refractivity contribution is 7.98. The Morgan fingerprint density at radius 1 is 1.00 bits per heavy atom. The van der Waals surface area contributed by atoms with Crippen molar-refractivity contribution in [3.8, 4) is 0 Å². The molecule has 0 atom stereocenters. The summed E-state index contributed by atoms with van der Waals surface area (Å²) in [6, 6.07) is 15.7. The molecule has 2 aromatic rings. The second-order valence-corrected chi connectivity index (χ2v) is 6.83. The smallest absolute Gasteiger partial charge is 0.256 e. The summed E-state index contributed by atoms with van der Waals surface area (Å²) in [5.41, 5.74) is 2.91. The lowest BCUT2D eigenvalue weighted by Crippen LogP contribution is -2.14. The minimum Gasteiger partial charge on any atom is -0.322 e. The third-order valence-corrected chi connectivity index (χ3v) is 4.16. The van der Waals surface area contributed by atoms with E-state index in [-0.39, 0.29) is 11.3 Å². The Kier molecular flexibility index (Phi) is 4.73. The first-order chi connectivity index (χ1) is 9.91. The number of thioether (sulfide) groups is 1. The van der Waals surface area contributed by atoms with E-state index >= 15 is 0 Å². The number of nitrogens with one attached hydrogen (secondary N) is 1. The Hall–Kier alpha value is -1.74. The van der Waals surface area contributed by atoms with Crippen LogP contribution in [0.25, 0.3) is 0 Å². The molecular formula is C18H21NOS. The molecule has 1 amide bonds. The third kappa shape index (κ3) is 3.88. The van der Waals surface area contributed by atoms with E-state index in [0.29, 0.717) is 5.56 Å². The molecule has 0 saturated heterocycles. The fraction of sp³-hybridized carbons (Fsp3) is 0.278. The molecule has 0 aliphatic carbocycles. The van der Waals surface area contributed by atoms with Gasteiger partial charge >= 0.3 is 0 Å². The van der Waals surface area contributed by atoms with Crippen LogP contribution in [0.5, 0.6) is 0 Å². The molecule has 0 bridgehead atoms. The maximum atomic E-state index is 12.4. The molecule has 2 aromatic carbocycles. The molecule has 0 unspecified atom stereocenters. The van der Waals surface area contributed by atoms with E-state index in [1.165, 1.54) is 5.56 Å². The van der Waals surface area contributed by atoms with Crippen LogP contribution in [-0.2, 0) is 5.41 Å². The van der Waals surface area contributed by atoms with Gasteiger partial charge < -0.3 is 5.32 Å². The van der Waals surface area contributed by atoms with Crippen molar-refractivity contribution in [1.29, 1.82) is 0 Å². The molecule has 0 aromatic heterocycles. The summed E-state index contributed by atoms with van der Waals surface area (Å²) in [5, 5.41) is 2.96. The van der Waals surface area contributed by atoms with Crippen LogP contribution in [0, 0.1) is 0 Å². The van der Waals surface area contributed by atoms with Crippen molar-refractivity contribution in [3.05, 3.63) is 59.7 Å². The highest BCUT2D eigenvalue weighted by Crippen LogP contribution is 2.24. The monoisotopic (exact) mass is 299 g/mol. The van der Waals surface area contributed by atoms with Gasteiger partial charge in [0.05, 0.1) is 5.56 Å². The highest BCUT2D eigenvalue weighted by atomic mass is 32.2. The molecule has 0 saturated carbocycles. The van der Waals surface area contributed by atoms with Crippen molar-refractivity contribution in [2.45, 2.75) is 31.1 Å². The van der Waals surface area contributed by atoms with Gasteiger partial charge in [-0.25, -0.2) is 0 Å². The average Bonchev–Trinajstić information content (AvgIpc) is 2.46. The number of anilines is 1. The van der Waals surface area contributed by atoms with Crippen LogP contribution in [0.3, 0.4) is 0 Å². The van der Waals surface area contributed by atoms with Crippen molar-refractivity contribution >= 4 is 23.4 Å². The Labute approximate surface area is 131 Å². The van der Waals surface area contributed by atoms with E-state index in [2.05, 4.69) is 38.2 Å². The van der Waals surface area contributed by atoms with Crippen LogP contribution in [-0.4, -0.2) is 12.2 Å². The van der Waals surface area contributed by atoms with Crippen molar-refractivity contribution in [2.24, 2.45) is 0 Å². The van der Waals surface area contributed by atoms with Crippen molar-refractivity contribution in [3.63, 3.8) is 0 Å². The summed E-state index contributed by atoms with van der Waals surface area (Å²) >= 11 is 1.58. The van der Waals surface area contributed by atoms with E-state index in [0.717, 1.165) is 10.6 Å². The van der Waals surface area contributed by atoms with E-state index in [1.807, 2.05) is 42.7 Å². The van der Waals surface area contributed by atoms with Crippen LogP contribution in [0.1, 0.15) is 36.7 Å². The molecule has 0 fully saturated rings. The van der Waals surface area contributed by atoms with Gasteiger partial charge in [0.2, 0.25) is 0 Å². The minimum absolute atomic E-state index is 0.0662. The number of rotatable bonds is 3. The molecule has 2 nitrogen and oxygen atoms in total. The zero-order valence-electron chi connectivity index (χ0n) is 12.9. The number of carbonyl (C=O) groups excluding carboxylic acids is 1. The van der Waals surface area contributed by atoms with Gasteiger partial charge in [0, 0.05) is 10.6 Å². The molecule has 0 aliphatic rings. The van der Waals surface area contributed by atoms with Gasteiger partial charge in [0.25, 0.3) is 5.91 Å². The number of carbonyl (C=O) groups is 1. The minimum atomic E-state index is -0.0662. The number of hydrogen-bond donors (Lipinski definition) is 1. The van der Waals surface area contributed by atoms with Crippen molar-refractivity contribution in [2.75, 3.05) is 11.6 Å². The standard InChI is InChI=1S/C18H21NOS/c1-18(2,3)13-9-11-14(12-10-13)19-17(20)15-7-5-6-8-16(15)21-4/h5-12H,1-4H3,(H,19,20). The van der Waals surface area contributed by atoms with Crippen LogP contribution < -0.4 is 5.32 Å². The van der Waals surface area contributed by atoms with Gasteiger partial charge in [-0.3, -0.25) is 4.79 Å². The second-order valence-electron chi connectivity index (χ2n) is 5.98. The van der Waals surface area contributed by atoms with E-state index < -0.39 is 0 Å². The predicted octanol–water partition coefficient (Wildman–Crippen LogP) is 4.96. The van der Waals surface area contributed by atoms with Crippen molar-refractivity contribution in [1.82, 2.24) is 0 Å². The van der Waals surface area contributed by atoms with Gasteiger partial charge in [-0.2, -0.15) is 0 Å². The summed E-state index contributed by atoms with van der Waals surface area (Å²) in [5.74, 6) is -0.0662. The molecule has 1 N–H and O–H groups in total. The number of benzene rings is 2. The van der Waals surface area contributed by atoms with E-state index in [4.69, 9.17) is 0 Å². The molecule has 0 spiro atoms. The van der Waals surface area contributed by atoms with Gasteiger partial charge in [-0.1, -0.05) is 45.0 Å². The molecule has 0 radical (unpaired) electrons. The normalized spacial score (nSPS) is 11.2. The fourth-order valence-electron chi connectivity index (χ4n) is 2.08. The molecule has 21 heavy (non-hydrogen) atoms. The van der Waals surface area contributed by atoms with Crippen LogP contribution in [0.2, 0.25) is 0 Å². The zero-order chi connectivity index (χ0) is 15.5. The Morgan fingerprint density at radius 2 is 1.62 bits per heavy atom. The first-order valence-corrected chi connectivity index (χ1v) is 8.19. The quantitative estimate of drug-likeness (QED) is 0.812. The molecule has 2 rings (SSSR count). The first kappa shape index (κ1) is 15.6. The SMILES string of the molecule is CSc1ccccc1C(=O)Nc1ccc(C(C)(C)C)cc1. The molecule has 3 heteroatoms. The summed E-state index contributed by atoms with van der Waals surface area (Å²) in [7, 11) is 0. The lowest BCUT2D eigenvalue weighted by Gasteiger charge is -2.19. The predicted molar refractivity (Wildman–Crippen MR) is 91.3 cm³/mol. The van der Waals surface area contributed by atoms with Crippen molar-refractivity contribution < 1.29 is 4.79 Å². The van der Waals surface area contributed by atoms with Gasteiger partial charge in [0.1, 0.15) is 0 Å². The van der Waals surface area contributed by atoms with E-state index in [9.17, 15) is 4.79 Å². The lowest BCUT2D eigenvalue weighted by atomic mass is 9.87. The maximum Gasteiger partial charge on any atom is 0.256 e. The van der Waals surface area contributed by atoms with Gasteiger partial charge in [-0.05, 0) is 41.5 Å². The molecule has 0 heterocycles. The summed E-state index contributed by atoms with van der Waals surface area (Å²) in [6.45, 7) is 6.53. The topological polar surface area (TPSA) is 29.1 Å². The maximum absolute atomic E-state index is 12.4. The Balaban J connectivity index is 2.16. The molecular weight excluding hydrogens is 278 g/mol. The van der Waals surface area contributed by atoms with Crippen LogP contribution in [0.15, 0.2) is 53.4 Å². The average molecular weight is 299 g/mol. The summed E-state index contributed by atoms with van der Waals surface area (Å²) in [6.07, 6.45) is 1.98. The first-order valence-electron chi connectivity index (χ1n) is 6.97. The molecule has 0 aliphatic heterocycles. The Morgan fingerprint density at radius 3 is 2.19 bits per heavy atom. The highest BCUT2D eigenvalue weighted by Gasteiger charge is 2.14. The summed E-state index contributed by atoms with van der Waals surface area (Å²) < 4.78 is 0. The van der Waals surface area contributed by atoms with Crippen LogP contribution >= 0.6 is 11.8 Å². The second kappa shape index (κ2) is 6.35. The number of amides is 1. The largest absolute Gasteiger partial charge is 0.322 e. The van der Waals surface area contributed by atoms with E-state index in [1.54, 1.807) is 11.8 Å². The van der Waals surface area contributed by atoms with Gasteiger partial charge in [0.15, 0.2) is 0 Å². The van der Waals surface area contributed by atoms with Crippen LogP contribution in [0.4, 0.5) is 5.69 Å². The van der Waals surface area contributed by atoms with Gasteiger partial charge in [-0.15, -0.1) is 11.8 Å². The zero-order valence-corrected chi connectivity index (χ0v) is 13.8.